The van der Waals surface area contributed by atoms with Crippen LogP contribution in [-0.2, 0) is 0 Å². The lowest BCUT2D eigenvalue weighted by Crippen LogP contribution is -2.39. The average Bonchev–Trinajstić information content (AvgIpc) is 2.37. The van der Waals surface area contributed by atoms with Crippen molar-refractivity contribution in [2.45, 2.75) is 43.5 Å². The zero-order valence-electron chi connectivity index (χ0n) is 11.1. The van der Waals surface area contributed by atoms with Gasteiger partial charge in [0.05, 0.1) is 0 Å². The SMILES string of the molecule is CC1CCCC(N(C)C(=O)c2cccc(S)c2)C1. The molecule has 1 saturated carbocycles. The first-order chi connectivity index (χ1) is 8.58. The highest BCUT2D eigenvalue weighted by Gasteiger charge is 2.25. The van der Waals surface area contributed by atoms with Crippen LogP contribution in [0.2, 0.25) is 0 Å². The summed E-state index contributed by atoms with van der Waals surface area (Å²) >= 11 is 4.29. The Hall–Kier alpha value is -0.960. The summed E-state index contributed by atoms with van der Waals surface area (Å²) in [4.78, 5) is 15.1. The molecule has 0 aromatic heterocycles. The highest BCUT2D eigenvalue weighted by molar-refractivity contribution is 7.80. The quantitative estimate of drug-likeness (QED) is 0.808. The van der Waals surface area contributed by atoms with Crippen molar-refractivity contribution in [2.75, 3.05) is 7.05 Å². The molecule has 0 aliphatic heterocycles. The molecule has 1 aliphatic rings. The van der Waals surface area contributed by atoms with Crippen molar-refractivity contribution in [3.63, 3.8) is 0 Å². The maximum atomic E-state index is 12.4. The summed E-state index contributed by atoms with van der Waals surface area (Å²) in [5.74, 6) is 0.847. The van der Waals surface area contributed by atoms with Gasteiger partial charge in [0.2, 0.25) is 0 Å². The lowest BCUT2D eigenvalue weighted by atomic mass is 9.86. The second-order valence-corrected chi connectivity index (χ2v) is 5.91. The zero-order chi connectivity index (χ0) is 13.1. The Morgan fingerprint density at radius 1 is 1.39 bits per heavy atom. The van der Waals surface area contributed by atoms with Crippen LogP contribution < -0.4 is 0 Å². The molecule has 0 N–H and O–H groups in total. The fraction of sp³-hybridized carbons (Fsp3) is 0.533. The monoisotopic (exact) mass is 263 g/mol. The number of hydrogen-bond donors (Lipinski definition) is 1. The molecule has 1 aromatic rings. The van der Waals surface area contributed by atoms with E-state index in [0.29, 0.717) is 6.04 Å². The van der Waals surface area contributed by atoms with E-state index in [0.717, 1.165) is 29.2 Å². The Morgan fingerprint density at radius 2 is 2.17 bits per heavy atom. The molecule has 1 aromatic carbocycles. The molecule has 2 nitrogen and oxygen atoms in total. The number of carbonyl (C=O) groups is 1. The molecule has 2 rings (SSSR count). The molecule has 0 heterocycles. The van der Waals surface area contributed by atoms with Crippen molar-refractivity contribution < 1.29 is 4.79 Å². The van der Waals surface area contributed by atoms with Crippen molar-refractivity contribution >= 4 is 18.5 Å². The number of thiol groups is 1. The van der Waals surface area contributed by atoms with Crippen LogP contribution in [0.15, 0.2) is 29.2 Å². The maximum Gasteiger partial charge on any atom is 0.253 e. The minimum absolute atomic E-state index is 0.116. The summed E-state index contributed by atoms with van der Waals surface area (Å²) in [7, 11) is 1.93. The van der Waals surface area contributed by atoms with Crippen LogP contribution in [0.3, 0.4) is 0 Å². The Morgan fingerprint density at radius 3 is 2.83 bits per heavy atom. The van der Waals surface area contributed by atoms with Crippen molar-refractivity contribution in [1.82, 2.24) is 4.90 Å². The van der Waals surface area contributed by atoms with Gasteiger partial charge in [0.15, 0.2) is 0 Å². The van der Waals surface area contributed by atoms with Crippen LogP contribution in [-0.4, -0.2) is 23.9 Å². The molecule has 2 atom stereocenters. The second kappa shape index (κ2) is 5.79. The van der Waals surface area contributed by atoms with Crippen molar-refractivity contribution in [1.29, 1.82) is 0 Å². The van der Waals surface area contributed by atoms with Crippen LogP contribution in [0.5, 0.6) is 0 Å². The van der Waals surface area contributed by atoms with Gasteiger partial charge in [-0.3, -0.25) is 4.79 Å². The van der Waals surface area contributed by atoms with Gasteiger partial charge in [-0.15, -0.1) is 12.6 Å². The van der Waals surface area contributed by atoms with Gasteiger partial charge in [-0.1, -0.05) is 25.8 Å². The van der Waals surface area contributed by atoms with Crippen LogP contribution in [0.25, 0.3) is 0 Å². The van der Waals surface area contributed by atoms with Crippen LogP contribution >= 0.6 is 12.6 Å². The van der Waals surface area contributed by atoms with Crippen LogP contribution in [0.4, 0.5) is 0 Å². The summed E-state index contributed by atoms with van der Waals surface area (Å²) in [5, 5.41) is 0. The summed E-state index contributed by atoms with van der Waals surface area (Å²) < 4.78 is 0. The molecule has 18 heavy (non-hydrogen) atoms. The minimum atomic E-state index is 0.116. The van der Waals surface area contributed by atoms with Gasteiger partial charge < -0.3 is 4.90 Å². The third-order valence-corrected chi connectivity index (χ3v) is 4.15. The maximum absolute atomic E-state index is 12.4. The van der Waals surface area contributed by atoms with Gasteiger partial charge in [-0.2, -0.15) is 0 Å². The molecule has 1 aliphatic carbocycles. The van der Waals surface area contributed by atoms with Crippen LogP contribution in [0.1, 0.15) is 43.0 Å². The predicted octanol–water partition coefficient (Wildman–Crippen LogP) is 3.63. The Labute approximate surface area is 115 Å². The van der Waals surface area contributed by atoms with Crippen molar-refractivity contribution in [2.24, 2.45) is 5.92 Å². The van der Waals surface area contributed by atoms with E-state index < -0.39 is 0 Å². The smallest absolute Gasteiger partial charge is 0.253 e. The Bertz CT molecular complexity index is 432. The third kappa shape index (κ3) is 3.08. The van der Waals surface area contributed by atoms with E-state index in [1.165, 1.54) is 12.8 Å². The standard InChI is InChI=1S/C15H21NOS/c1-11-5-3-7-13(9-11)16(2)15(17)12-6-4-8-14(18)10-12/h4,6,8,10-11,13,18H,3,5,7,9H2,1-2H3. The molecular formula is C15H21NOS. The van der Waals surface area contributed by atoms with Crippen LogP contribution in [0, 0.1) is 5.92 Å². The van der Waals surface area contributed by atoms with E-state index in [9.17, 15) is 4.79 Å². The van der Waals surface area contributed by atoms with E-state index in [1.54, 1.807) is 0 Å². The topological polar surface area (TPSA) is 20.3 Å². The molecule has 0 saturated heterocycles. The molecule has 0 bridgehead atoms. The van der Waals surface area contributed by atoms with Gasteiger partial charge in [0.1, 0.15) is 0 Å². The number of amides is 1. The van der Waals surface area contributed by atoms with E-state index in [-0.39, 0.29) is 5.91 Å². The number of hydrogen-bond acceptors (Lipinski definition) is 2. The number of rotatable bonds is 2. The van der Waals surface area contributed by atoms with E-state index in [1.807, 2.05) is 36.2 Å². The normalized spacial score (nSPS) is 23.7. The van der Waals surface area contributed by atoms with Crippen molar-refractivity contribution in [3.05, 3.63) is 29.8 Å². The fourth-order valence-corrected chi connectivity index (χ4v) is 2.99. The fourth-order valence-electron chi connectivity index (χ4n) is 2.76. The summed E-state index contributed by atoms with van der Waals surface area (Å²) in [5.41, 5.74) is 0.739. The molecule has 0 spiro atoms. The largest absolute Gasteiger partial charge is 0.339 e. The zero-order valence-corrected chi connectivity index (χ0v) is 12.0. The summed E-state index contributed by atoms with van der Waals surface area (Å²) in [6.07, 6.45) is 4.79. The average molecular weight is 263 g/mol. The van der Waals surface area contributed by atoms with Gasteiger partial charge in [0.25, 0.3) is 5.91 Å². The second-order valence-electron chi connectivity index (χ2n) is 5.39. The third-order valence-electron chi connectivity index (χ3n) is 3.87. The first kappa shape index (κ1) is 13.5. The minimum Gasteiger partial charge on any atom is -0.339 e. The molecule has 98 valence electrons. The molecule has 1 amide bonds. The Balaban J connectivity index is 2.08. The van der Waals surface area contributed by atoms with E-state index in [4.69, 9.17) is 0 Å². The number of nitrogens with zero attached hydrogens (tertiary/aromatic N) is 1. The van der Waals surface area contributed by atoms with Gasteiger partial charge >= 0.3 is 0 Å². The Kier molecular flexibility index (Phi) is 4.33. The highest BCUT2D eigenvalue weighted by Crippen LogP contribution is 2.27. The molecular weight excluding hydrogens is 242 g/mol. The van der Waals surface area contributed by atoms with Gasteiger partial charge in [-0.25, -0.2) is 0 Å². The van der Waals surface area contributed by atoms with E-state index in [2.05, 4.69) is 19.6 Å². The predicted molar refractivity (Wildman–Crippen MR) is 77.2 cm³/mol. The molecule has 1 fully saturated rings. The molecule has 0 radical (unpaired) electrons. The van der Waals surface area contributed by atoms with Gasteiger partial charge in [0, 0.05) is 23.5 Å². The van der Waals surface area contributed by atoms with E-state index >= 15 is 0 Å². The number of carbonyl (C=O) groups excluding carboxylic acids is 1. The number of benzene rings is 1. The summed E-state index contributed by atoms with van der Waals surface area (Å²) in [6, 6.07) is 7.87. The van der Waals surface area contributed by atoms with Crippen molar-refractivity contribution in [3.8, 4) is 0 Å². The first-order valence-corrected chi connectivity index (χ1v) is 7.09. The first-order valence-electron chi connectivity index (χ1n) is 6.64. The molecule has 2 unspecified atom stereocenters. The molecule has 3 heteroatoms. The van der Waals surface area contributed by atoms with Gasteiger partial charge in [-0.05, 0) is 37.0 Å². The highest BCUT2D eigenvalue weighted by atomic mass is 32.1. The lowest BCUT2D eigenvalue weighted by Gasteiger charge is -2.34. The lowest BCUT2D eigenvalue weighted by molar-refractivity contribution is 0.0672. The summed E-state index contributed by atoms with van der Waals surface area (Å²) in [6.45, 7) is 2.28.